The van der Waals surface area contributed by atoms with Crippen LogP contribution in [0.3, 0.4) is 0 Å². The summed E-state index contributed by atoms with van der Waals surface area (Å²) in [6.45, 7) is 1.41. The molecule has 1 heterocycles. The number of nitrogens with one attached hydrogen (secondary N) is 1. The summed E-state index contributed by atoms with van der Waals surface area (Å²) in [7, 11) is 1.86. The lowest BCUT2D eigenvalue weighted by Gasteiger charge is -2.35. The Labute approximate surface area is 115 Å². The number of hydrogen-bond acceptors (Lipinski definition) is 2. The molecule has 0 bridgehead atoms. The van der Waals surface area contributed by atoms with Gasteiger partial charge in [-0.15, -0.1) is 0 Å². The molecule has 0 saturated carbocycles. The SMILES string of the molecule is CNC1CCCN(c2cc(C(F)(F)F)ccc2Cl)C1. The predicted molar refractivity (Wildman–Crippen MR) is 70.7 cm³/mol. The third-order valence-electron chi connectivity index (χ3n) is 3.44. The lowest BCUT2D eigenvalue weighted by molar-refractivity contribution is -0.137. The molecular formula is C13H16ClF3N2. The van der Waals surface area contributed by atoms with Crippen LogP contribution in [0.5, 0.6) is 0 Å². The molecule has 1 saturated heterocycles. The molecule has 1 fully saturated rings. The quantitative estimate of drug-likeness (QED) is 0.897. The molecule has 19 heavy (non-hydrogen) atoms. The monoisotopic (exact) mass is 292 g/mol. The average molecular weight is 293 g/mol. The Balaban J connectivity index is 2.28. The van der Waals surface area contributed by atoms with E-state index in [4.69, 9.17) is 11.6 Å². The number of anilines is 1. The van der Waals surface area contributed by atoms with Gasteiger partial charge in [0.05, 0.1) is 16.3 Å². The van der Waals surface area contributed by atoms with Gasteiger partial charge in [-0.05, 0) is 38.1 Å². The number of likely N-dealkylation sites (N-methyl/N-ethyl adjacent to an activating group) is 1. The van der Waals surface area contributed by atoms with Gasteiger partial charge in [-0.1, -0.05) is 11.6 Å². The molecule has 1 aliphatic rings. The second-order valence-electron chi connectivity index (χ2n) is 4.74. The van der Waals surface area contributed by atoms with Gasteiger partial charge in [0.25, 0.3) is 0 Å². The van der Waals surface area contributed by atoms with E-state index in [1.165, 1.54) is 6.07 Å². The van der Waals surface area contributed by atoms with Crippen molar-refractivity contribution in [3.8, 4) is 0 Å². The van der Waals surface area contributed by atoms with Crippen LogP contribution in [0, 0.1) is 0 Å². The van der Waals surface area contributed by atoms with E-state index in [1.807, 2.05) is 11.9 Å². The maximum Gasteiger partial charge on any atom is 0.416 e. The molecule has 1 aromatic carbocycles. The van der Waals surface area contributed by atoms with Gasteiger partial charge in [-0.3, -0.25) is 0 Å². The van der Waals surface area contributed by atoms with Crippen LogP contribution in [0.15, 0.2) is 18.2 Å². The number of piperidine rings is 1. The Hall–Kier alpha value is -0.940. The van der Waals surface area contributed by atoms with Crippen molar-refractivity contribution in [3.05, 3.63) is 28.8 Å². The summed E-state index contributed by atoms with van der Waals surface area (Å²) in [5.74, 6) is 0. The Morgan fingerprint density at radius 2 is 2.11 bits per heavy atom. The topological polar surface area (TPSA) is 15.3 Å². The molecule has 1 atom stereocenters. The van der Waals surface area contributed by atoms with Crippen LogP contribution in [-0.2, 0) is 6.18 Å². The molecule has 0 aromatic heterocycles. The summed E-state index contributed by atoms with van der Waals surface area (Å²) in [5, 5.41) is 3.53. The molecule has 1 aromatic rings. The molecule has 0 spiro atoms. The minimum Gasteiger partial charge on any atom is -0.369 e. The Morgan fingerprint density at radius 3 is 2.74 bits per heavy atom. The zero-order chi connectivity index (χ0) is 14.0. The molecule has 1 unspecified atom stereocenters. The van der Waals surface area contributed by atoms with Crippen molar-refractivity contribution in [3.63, 3.8) is 0 Å². The van der Waals surface area contributed by atoms with E-state index in [0.29, 0.717) is 23.3 Å². The Morgan fingerprint density at radius 1 is 1.37 bits per heavy atom. The van der Waals surface area contributed by atoms with Crippen LogP contribution >= 0.6 is 11.6 Å². The average Bonchev–Trinajstić information content (AvgIpc) is 2.38. The third-order valence-corrected chi connectivity index (χ3v) is 3.76. The van der Waals surface area contributed by atoms with Gasteiger partial charge in [-0.2, -0.15) is 13.2 Å². The van der Waals surface area contributed by atoms with Crippen molar-refractivity contribution >= 4 is 17.3 Å². The number of benzene rings is 1. The minimum atomic E-state index is -4.34. The van der Waals surface area contributed by atoms with Gasteiger partial charge in [0.15, 0.2) is 0 Å². The van der Waals surface area contributed by atoms with Crippen LogP contribution in [0.25, 0.3) is 0 Å². The van der Waals surface area contributed by atoms with Crippen molar-refractivity contribution < 1.29 is 13.2 Å². The normalized spacial score (nSPS) is 20.7. The second-order valence-corrected chi connectivity index (χ2v) is 5.14. The summed E-state index contributed by atoms with van der Waals surface area (Å²) in [6.07, 6.45) is -2.36. The van der Waals surface area contributed by atoms with Gasteiger partial charge in [0.2, 0.25) is 0 Å². The Kier molecular flexibility index (Phi) is 4.26. The van der Waals surface area contributed by atoms with E-state index in [0.717, 1.165) is 31.5 Å². The third kappa shape index (κ3) is 3.34. The zero-order valence-electron chi connectivity index (χ0n) is 10.6. The highest BCUT2D eigenvalue weighted by molar-refractivity contribution is 6.33. The molecule has 106 valence electrons. The molecule has 6 heteroatoms. The van der Waals surface area contributed by atoms with E-state index in [2.05, 4.69) is 5.32 Å². The van der Waals surface area contributed by atoms with Crippen molar-refractivity contribution in [2.45, 2.75) is 25.1 Å². The van der Waals surface area contributed by atoms with Crippen LogP contribution in [0.1, 0.15) is 18.4 Å². The fraction of sp³-hybridized carbons (Fsp3) is 0.538. The molecule has 2 nitrogen and oxygen atoms in total. The highest BCUT2D eigenvalue weighted by atomic mass is 35.5. The predicted octanol–water partition coefficient (Wildman–Crippen LogP) is 3.55. The summed E-state index contributed by atoms with van der Waals surface area (Å²) in [5.41, 5.74) is -0.185. The van der Waals surface area contributed by atoms with Crippen LogP contribution in [-0.4, -0.2) is 26.2 Å². The molecule has 2 rings (SSSR count). The summed E-state index contributed by atoms with van der Waals surface area (Å²) < 4.78 is 38.2. The van der Waals surface area contributed by atoms with Crippen LogP contribution < -0.4 is 10.2 Å². The summed E-state index contributed by atoms with van der Waals surface area (Å²) in [4.78, 5) is 1.92. The maximum absolute atomic E-state index is 12.7. The first-order valence-corrected chi connectivity index (χ1v) is 6.58. The van der Waals surface area contributed by atoms with Crippen molar-refractivity contribution in [1.29, 1.82) is 0 Å². The highest BCUT2D eigenvalue weighted by Crippen LogP contribution is 2.36. The number of halogens is 4. The number of nitrogens with zero attached hydrogens (tertiary/aromatic N) is 1. The zero-order valence-corrected chi connectivity index (χ0v) is 11.4. The highest BCUT2D eigenvalue weighted by Gasteiger charge is 2.32. The summed E-state index contributed by atoms with van der Waals surface area (Å²) >= 11 is 6.04. The standard InChI is InChI=1S/C13H16ClF3N2/c1-18-10-3-2-6-19(8-10)12-7-9(13(15,16)17)4-5-11(12)14/h4-5,7,10,18H,2-3,6,8H2,1H3. The van der Waals surface area contributed by atoms with Crippen LogP contribution in [0.4, 0.5) is 18.9 Å². The largest absolute Gasteiger partial charge is 0.416 e. The van der Waals surface area contributed by atoms with Gasteiger partial charge >= 0.3 is 6.18 Å². The van der Waals surface area contributed by atoms with Crippen LogP contribution in [0.2, 0.25) is 5.02 Å². The van der Waals surface area contributed by atoms with Crippen molar-refractivity contribution in [2.24, 2.45) is 0 Å². The van der Waals surface area contributed by atoms with E-state index in [-0.39, 0.29) is 0 Å². The van der Waals surface area contributed by atoms with Crippen molar-refractivity contribution in [2.75, 3.05) is 25.0 Å². The van der Waals surface area contributed by atoms with Gasteiger partial charge in [-0.25, -0.2) is 0 Å². The number of rotatable bonds is 2. The van der Waals surface area contributed by atoms with Gasteiger partial charge in [0.1, 0.15) is 0 Å². The first-order valence-electron chi connectivity index (χ1n) is 6.21. The van der Waals surface area contributed by atoms with Gasteiger partial charge in [0, 0.05) is 19.1 Å². The summed E-state index contributed by atoms with van der Waals surface area (Å²) in [6, 6.07) is 3.77. The molecule has 0 amide bonds. The van der Waals surface area contributed by atoms with E-state index in [1.54, 1.807) is 0 Å². The first-order chi connectivity index (χ1) is 8.91. The fourth-order valence-electron chi connectivity index (χ4n) is 2.36. The second kappa shape index (κ2) is 5.59. The first kappa shape index (κ1) is 14.5. The minimum absolute atomic E-state index is 0.291. The molecule has 0 aliphatic carbocycles. The lowest BCUT2D eigenvalue weighted by atomic mass is 10.0. The Bertz CT molecular complexity index is 448. The fourth-order valence-corrected chi connectivity index (χ4v) is 2.60. The smallest absolute Gasteiger partial charge is 0.369 e. The van der Waals surface area contributed by atoms with Gasteiger partial charge < -0.3 is 10.2 Å². The molecular weight excluding hydrogens is 277 g/mol. The number of hydrogen-bond donors (Lipinski definition) is 1. The van der Waals surface area contributed by atoms with E-state index < -0.39 is 11.7 Å². The van der Waals surface area contributed by atoms with E-state index in [9.17, 15) is 13.2 Å². The number of alkyl halides is 3. The molecule has 0 radical (unpaired) electrons. The lowest BCUT2D eigenvalue weighted by Crippen LogP contribution is -2.44. The van der Waals surface area contributed by atoms with E-state index >= 15 is 0 Å². The molecule has 1 N–H and O–H groups in total. The maximum atomic E-state index is 12.7. The molecule has 1 aliphatic heterocycles. The van der Waals surface area contributed by atoms with Crippen molar-refractivity contribution in [1.82, 2.24) is 5.32 Å².